The maximum atomic E-state index is 6.59. The first-order chi connectivity index (χ1) is 30.7. The topological polar surface area (TPSA) is 16.4 Å². The lowest BCUT2D eigenvalue weighted by Gasteiger charge is -2.26. The van der Waals surface area contributed by atoms with E-state index in [9.17, 15) is 0 Å². The Balaban J connectivity index is 0.949. The quantitative estimate of drug-likeness (QED) is 0.145. The van der Waals surface area contributed by atoms with Crippen LogP contribution in [0.15, 0.2) is 253 Å². The SMILES string of the molecule is c1ccc(-c2cccc(-c3ccc(N(c4ccc(-c5cccc(-c6oc7ccccc7c6-c6ccccc6)c5)cc4)c4ccc(-c5ccc6ccccc6c5)cc4)cc3)c2)cc1. The zero-order chi connectivity index (χ0) is 41.2. The average Bonchev–Trinajstić information content (AvgIpc) is 3.75. The first kappa shape index (κ1) is 36.8. The third kappa shape index (κ3) is 7.14. The molecule has 0 bridgehead atoms. The summed E-state index contributed by atoms with van der Waals surface area (Å²) in [5, 5.41) is 3.60. The smallest absolute Gasteiger partial charge is 0.143 e. The molecule has 0 unspecified atom stereocenters. The summed E-state index contributed by atoms with van der Waals surface area (Å²) < 4.78 is 6.59. The van der Waals surface area contributed by atoms with Crippen LogP contribution >= 0.6 is 0 Å². The molecule has 0 N–H and O–H groups in total. The number of rotatable bonds is 9. The van der Waals surface area contributed by atoms with Crippen molar-refractivity contribution in [2.24, 2.45) is 0 Å². The summed E-state index contributed by atoms with van der Waals surface area (Å²) >= 11 is 0. The van der Waals surface area contributed by atoms with Gasteiger partial charge in [0, 0.05) is 33.6 Å². The van der Waals surface area contributed by atoms with Gasteiger partial charge in [-0.2, -0.15) is 0 Å². The molecule has 62 heavy (non-hydrogen) atoms. The van der Waals surface area contributed by atoms with E-state index >= 15 is 0 Å². The third-order valence-corrected chi connectivity index (χ3v) is 11.9. The van der Waals surface area contributed by atoms with Crippen LogP contribution in [0, 0.1) is 0 Å². The van der Waals surface area contributed by atoms with Crippen LogP contribution in [0.1, 0.15) is 0 Å². The largest absolute Gasteiger partial charge is 0.455 e. The molecule has 0 saturated heterocycles. The Morgan fingerprint density at radius 1 is 0.258 bits per heavy atom. The highest BCUT2D eigenvalue weighted by molar-refractivity contribution is 6.02. The van der Waals surface area contributed by atoms with Gasteiger partial charge in [-0.15, -0.1) is 0 Å². The molecule has 292 valence electrons. The van der Waals surface area contributed by atoms with Crippen molar-refractivity contribution in [3.8, 4) is 67.0 Å². The Kier molecular flexibility index (Phi) is 9.57. The molecule has 2 nitrogen and oxygen atoms in total. The lowest BCUT2D eigenvalue weighted by Crippen LogP contribution is -2.09. The van der Waals surface area contributed by atoms with E-state index in [1.54, 1.807) is 0 Å². The fraction of sp³-hybridized carbons (Fsp3) is 0. The van der Waals surface area contributed by atoms with Crippen LogP contribution in [-0.2, 0) is 0 Å². The number of anilines is 3. The van der Waals surface area contributed by atoms with Gasteiger partial charge in [0.1, 0.15) is 11.3 Å². The monoisotopic (exact) mass is 791 g/mol. The summed E-state index contributed by atoms with van der Waals surface area (Å²) in [6.07, 6.45) is 0. The lowest BCUT2D eigenvalue weighted by atomic mass is 9.96. The molecular formula is C60H41NO. The maximum Gasteiger partial charge on any atom is 0.143 e. The van der Waals surface area contributed by atoms with Crippen molar-refractivity contribution in [2.75, 3.05) is 4.90 Å². The molecule has 0 atom stereocenters. The van der Waals surface area contributed by atoms with Gasteiger partial charge in [0.25, 0.3) is 0 Å². The Morgan fingerprint density at radius 2 is 0.661 bits per heavy atom. The third-order valence-electron chi connectivity index (χ3n) is 11.9. The van der Waals surface area contributed by atoms with Gasteiger partial charge in [0.05, 0.1) is 0 Å². The molecule has 0 aliphatic carbocycles. The number of hydrogen-bond donors (Lipinski definition) is 0. The van der Waals surface area contributed by atoms with Crippen molar-refractivity contribution in [2.45, 2.75) is 0 Å². The summed E-state index contributed by atoms with van der Waals surface area (Å²) in [6.45, 7) is 0. The maximum absolute atomic E-state index is 6.59. The van der Waals surface area contributed by atoms with Gasteiger partial charge in [-0.25, -0.2) is 0 Å². The molecule has 11 aromatic rings. The van der Waals surface area contributed by atoms with Gasteiger partial charge in [0.2, 0.25) is 0 Å². The molecule has 0 saturated carbocycles. The number of hydrogen-bond acceptors (Lipinski definition) is 2. The zero-order valence-electron chi connectivity index (χ0n) is 34.0. The summed E-state index contributed by atoms with van der Waals surface area (Å²) in [4.78, 5) is 2.34. The van der Waals surface area contributed by atoms with Crippen molar-refractivity contribution >= 4 is 38.8 Å². The standard InChI is InChI=1S/C60H41NO/c1-3-13-42(14-4-1)49-19-11-20-50(39-49)44-27-33-54(34-28-44)61(56-37-31-46(32-38-56)52-26-25-43-15-7-8-18-48(43)40-52)55-35-29-45(30-36-55)51-21-12-22-53(41-51)60-59(47-16-5-2-6-17-47)57-23-9-10-24-58(57)62-60/h1-41H. The number of furan rings is 1. The minimum Gasteiger partial charge on any atom is -0.455 e. The normalized spacial score (nSPS) is 11.2. The van der Waals surface area contributed by atoms with Gasteiger partial charge in [-0.05, 0) is 122 Å². The number of benzene rings is 10. The molecule has 1 aromatic heterocycles. The molecule has 2 heteroatoms. The summed E-state index contributed by atoms with van der Waals surface area (Å²) in [7, 11) is 0. The molecule has 1 heterocycles. The highest BCUT2D eigenvalue weighted by atomic mass is 16.3. The molecule has 10 aromatic carbocycles. The van der Waals surface area contributed by atoms with Crippen molar-refractivity contribution in [1.82, 2.24) is 0 Å². The van der Waals surface area contributed by atoms with E-state index in [0.717, 1.165) is 61.6 Å². The van der Waals surface area contributed by atoms with Crippen molar-refractivity contribution in [1.29, 1.82) is 0 Å². The molecule has 0 aliphatic rings. The minimum atomic E-state index is 0.879. The Hall–Kier alpha value is -8.20. The number of nitrogens with zero attached hydrogens (tertiary/aromatic N) is 1. The second kappa shape index (κ2) is 16.1. The summed E-state index contributed by atoms with van der Waals surface area (Å²) in [5.74, 6) is 0.879. The van der Waals surface area contributed by atoms with E-state index in [-0.39, 0.29) is 0 Å². The predicted molar refractivity (Wildman–Crippen MR) is 261 cm³/mol. The van der Waals surface area contributed by atoms with Crippen LogP contribution in [0.25, 0.3) is 88.7 Å². The van der Waals surface area contributed by atoms with Crippen molar-refractivity contribution in [3.05, 3.63) is 249 Å². The van der Waals surface area contributed by atoms with Crippen LogP contribution in [0.4, 0.5) is 17.1 Å². The van der Waals surface area contributed by atoms with Crippen LogP contribution in [0.5, 0.6) is 0 Å². The highest BCUT2D eigenvalue weighted by Crippen LogP contribution is 2.43. The summed E-state index contributed by atoms with van der Waals surface area (Å²) in [6, 6.07) is 88.9. The van der Waals surface area contributed by atoms with Gasteiger partial charge < -0.3 is 9.32 Å². The molecular weight excluding hydrogens is 751 g/mol. The molecule has 0 fully saturated rings. The highest BCUT2D eigenvalue weighted by Gasteiger charge is 2.19. The van der Waals surface area contributed by atoms with Crippen LogP contribution in [0.2, 0.25) is 0 Å². The Morgan fingerprint density at radius 3 is 1.24 bits per heavy atom. The number of fused-ring (bicyclic) bond motifs is 2. The van der Waals surface area contributed by atoms with E-state index in [1.165, 1.54) is 44.2 Å². The Bertz CT molecular complexity index is 3310. The van der Waals surface area contributed by atoms with Gasteiger partial charge in [-0.3, -0.25) is 0 Å². The average molecular weight is 792 g/mol. The van der Waals surface area contributed by atoms with Crippen molar-refractivity contribution in [3.63, 3.8) is 0 Å². The first-order valence-electron chi connectivity index (χ1n) is 21.2. The van der Waals surface area contributed by atoms with Crippen molar-refractivity contribution < 1.29 is 4.42 Å². The second-order valence-electron chi connectivity index (χ2n) is 15.7. The van der Waals surface area contributed by atoms with E-state index in [0.29, 0.717) is 0 Å². The minimum absolute atomic E-state index is 0.879. The first-order valence-corrected chi connectivity index (χ1v) is 21.2. The fourth-order valence-corrected chi connectivity index (χ4v) is 8.71. The van der Waals surface area contributed by atoms with Crippen LogP contribution < -0.4 is 4.90 Å². The molecule has 0 aliphatic heterocycles. The van der Waals surface area contributed by atoms with E-state index in [2.05, 4.69) is 241 Å². The van der Waals surface area contributed by atoms with Crippen LogP contribution in [0.3, 0.4) is 0 Å². The van der Waals surface area contributed by atoms with Gasteiger partial charge in [0.15, 0.2) is 0 Å². The molecule has 0 amide bonds. The molecule has 11 rings (SSSR count). The number of para-hydroxylation sites is 1. The fourth-order valence-electron chi connectivity index (χ4n) is 8.71. The zero-order valence-corrected chi connectivity index (χ0v) is 34.0. The van der Waals surface area contributed by atoms with Crippen LogP contribution in [-0.4, -0.2) is 0 Å². The van der Waals surface area contributed by atoms with Gasteiger partial charge in [-0.1, -0.05) is 188 Å². The van der Waals surface area contributed by atoms with E-state index in [4.69, 9.17) is 4.42 Å². The second-order valence-corrected chi connectivity index (χ2v) is 15.7. The van der Waals surface area contributed by atoms with E-state index < -0.39 is 0 Å². The van der Waals surface area contributed by atoms with Gasteiger partial charge >= 0.3 is 0 Å². The van der Waals surface area contributed by atoms with E-state index in [1.807, 2.05) is 12.1 Å². The predicted octanol–water partition coefficient (Wildman–Crippen LogP) is 17.1. The summed E-state index contributed by atoms with van der Waals surface area (Å²) in [5.41, 5.74) is 16.9. The lowest BCUT2D eigenvalue weighted by molar-refractivity contribution is 0.632. The molecule has 0 radical (unpaired) electrons. The Labute approximate surface area is 362 Å². The molecule has 0 spiro atoms.